The fourth-order valence-corrected chi connectivity index (χ4v) is 3.99. The number of hydrogen-bond donors (Lipinski definition) is 0. The van der Waals surface area contributed by atoms with Crippen LogP contribution in [-0.4, -0.2) is 20.2 Å². The van der Waals surface area contributed by atoms with Crippen LogP contribution in [0.15, 0.2) is 11.6 Å². The molecule has 1 rings (SSSR count). The summed E-state index contributed by atoms with van der Waals surface area (Å²) in [4.78, 5) is 11.8. The van der Waals surface area contributed by atoms with Gasteiger partial charge in [-0.15, -0.1) is 0 Å². The lowest BCUT2D eigenvalue weighted by atomic mass is 9.78. The van der Waals surface area contributed by atoms with E-state index in [0.717, 1.165) is 0 Å². The second-order valence-electron chi connectivity index (χ2n) is 7.75. The maximum absolute atomic E-state index is 11.8. The van der Waals surface area contributed by atoms with E-state index in [4.69, 9.17) is 4.43 Å². The predicted molar refractivity (Wildman–Crippen MR) is 83.8 cm³/mol. The van der Waals surface area contributed by atoms with Gasteiger partial charge in [-0.3, -0.25) is 4.79 Å². The van der Waals surface area contributed by atoms with E-state index in [-0.39, 0.29) is 16.9 Å². The van der Waals surface area contributed by atoms with Crippen LogP contribution in [0.25, 0.3) is 0 Å². The van der Waals surface area contributed by atoms with Gasteiger partial charge in [0.2, 0.25) is 0 Å². The Morgan fingerprint density at radius 2 is 1.84 bits per heavy atom. The van der Waals surface area contributed by atoms with Crippen LogP contribution in [0.2, 0.25) is 18.1 Å². The zero-order valence-corrected chi connectivity index (χ0v) is 14.8. The highest BCUT2D eigenvalue weighted by atomic mass is 28.4. The van der Waals surface area contributed by atoms with Crippen molar-refractivity contribution in [3.05, 3.63) is 11.6 Å². The van der Waals surface area contributed by atoms with Gasteiger partial charge in [-0.2, -0.15) is 0 Å². The Morgan fingerprint density at radius 3 is 2.26 bits per heavy atom. The molecule has 0 radical (unpaired) electrons. The Balaban J connectivity index is 2.99. The van der Waals surface area contributed by atoms with Crippen molar-refractivity contribution in [2.45, 2.75) is 72.2 Å². The topological polar surface area (TPSA) is 26.3 Å². The molecule has 1 aliphatic carbocycles. The predicted octanol–water partition coefficient (Wildman–Crippen LogP) is 4.57. The van der Waals surface area contributed by atoms with E-state index in [1.165, 1.54) is 5.57 Å². The van der Waals surface area contributed by atoms with Crippen LogP contribution in [0.3, 0.4) is 0 Å². The van der Waals surface area contributed by atoms with Gasteiger partial charge < -0.3 is 4.43 Å². The molecular formula is C16H30O2Si. The van der Waals surface area contributed by atoms with Crippen LogP contribution in [0.5, 0.6) is 0 Å². The fourth-order valence-electron chi connectivity index (χ4n) is 2.65. The highest BCUT2D eigenvalue weighted by molar-refractivity contribution is 6.74. The van der Waals surface area contributed by atoms with E-state index in [0.29, 0.717) is 18.3 Å². The lowest BCUT2D eigenvalue weighted by Crippen LogP contribution is -2.48. The summed E-state index contributed by atoms with van der Waals surface area (Å²) >= 11 is 0. The summed E-state index contributed by atoms with van der Waals surface area (Å²) in [6.07, 6.45) is 2.43. The third-order valence-electron chi connectivity index (χ3n) is 4.69. The smallest absolute Gasteiger partial charge is 0.192 e. The van der Waals surface area contributed by atoms with Crippen molar-refractivity contribution in [1.82, 2.24) is 0 Å². The van der Waals surface area contributed by atoms with Gasteiger partial charge in [0.25, 0.3) is 0 Å². The molecule has 0 aromatic carbocycles. The monoisotopic (exact) mass is 282 g/mol. The lowest BCUT2D eigenvalue weighted by Gasteiger charge is -2.43. The molecule has 2 nitrogen and oxygen atoms in total. The SMILES string of the molecule is CC1=CC(=O)C[C@H](O[Si](C)(C)C(C)(C)C)[C@@H]1C(C)C. The van der Waals surface area contributed by atoms with Crippen molar-refractivity contribution in [3.8, 4) is 0 Å². The number of rotatable bonds is 3. The van der Waals surface area contributed by atoms with Gasteiger partial charge in [-0.25, -0.2) is 0 Å². The zero-order chi connectivity index (χ0) is 15.0. The first kappa shape index (κ1) is 16.6. The third kappa shape index (κ3) is 3.79. The molecule has 0 amide bonds. The largest absolute Gasteiger partial charge is 0.413 e. The minimum absolute atomic E-state index is 0.0680. The van der Waals surface area contributed by atoms with Crippen molar-refractivity contribution in [3.63, 3.8) is 0 Å². The number of hydrogen-bond acceptors (Lipinski definition) is 2. The zero-order valence-electron chi connectivity index (χ0n) is 13.8. The van der Waals surface area contributed by atoms with Gasteiger partial charge in [-0.1, -0.05) is 40.2 Å². The molecule has 19 heavy (non-hydrogen) atoms. The molecule has 0 heterocycles. The fraction of sp³-hybridized carbons (Fsp3) is 0.812. The minimum Gasteiger partial charge on any atom is -0.413 e. The average molecular weight is 282 g/mol. The van der Waals surface area contributed by atoms with Gasteiger partial charge in [0.15, 0.2) is 14.1 Å². The van der Waals surface area contributed by atoms with E-state index in [2.05, 4.69) is 54.6 Å². The van der Waals surface area contributed by atoms with Gasteiger partial charge in [0, 0.05) is 12.3 Å². The lowest BCUT2D eigenvalue weighted by molar-refractivity contribution is -0.117. The van der Waals surface area contributed by atoms with Crippen molar-refractivity contribution in [1.29, 1.82) is 0 Å². The first-order chi connectivity index (χ1) is 8.45. The van der Waals surface area contributed by atoms with E-state index in [9.17, 15) is 4.79 Å². The number of ketones is 1. The maximum Gasteiger partial charge on any atom is 0.192 e. The number of carbonyl (C=O) groups excluding carboxylic acids is 1. The molecule has 0 aromatic heterocycles. The Morgan fingerprint density at radius 1 is 1.32 bits per heavy atom. The molecular weight excluding hydrogens is 252 g/mol. The van der Waals surface area contributed by atoms with Crippen molar-refractivity contribution in [2.24, 2.45) is 11.8 Å². The van der Waals surface area contributed by atoms with Crippen molar-refractivity contribution in [2.75, 3.05) is 0 Å². The number of carbonyl (C=O) groups is 1. The summed E-state index contributed by atoms with van der Waals surface area (Å²) in [5.74, 6) is 1.11. The van der Waals surface area contributed by atoms with Crippen LogP contribution in [0.4, 0.5) is 0 Å². The van der Waals surface area contributed by atoms with Crippen molar-refractivity contribution >= 4 is 14.1 Å². The Kier molecular flexibility index (Phi) is 4.84. The molecule has 2 atom stereocenters. The normalized spacial score (nSPS) is 25.7. The van der Waals surface area contributed by atoms with Crippen LogP contribution in [-0.2, 0) is 9.22 Å². The summed E-state index contributed by atoms with van der Waals surface area (Å²) in [5.41, 5.74) is 1.19. The molecule has 0 aromatic rings. The molecule has 0 spiro atoms. The van der Waals surface area contributed by atoms with Gasteiger partial charge >= 0.3 is 0 Å². The Bertz CT molecular complexity index is 375. The molecule has 0 N–H and O–H groups in total. The van der Waals surface area contributed by atoms with E-state index in [1.807, 2.05) is 6.08 Å². The summed E-state index contributed by atoms with van der Waals surface area (Å²) in [6, 6.07) is 0. The minimum atomic E-state index is -1.82. The molecule has 110 valence electrons. The molecule has 0 saturated carbocycles. The van der Waals surface area contributed by atoms with Gasteiger partial charge in [-0.05, 0) is 37.0 Å². The summed E-state index contributed by atoms with van der Waals surface area (Å²) in [6.45, 7) is 17.8. The highest BCUT2D eigenvalue weighted by Crippen LogP contribution is 2.41. The van der Waals surface area contributed by atoms with Crippen LogP contribution >= 0.6 is 0 Å². The van der Waals surface area contributed by atoms with Gasteiger partial charge in [0.1, 0.15) is 0 Å². The van der Waals surface area contributed by atoms with Crippen LogP contribution in [0, 0.1) is 11.8 Å². The molecule has 1 aliphatic rings. The molecule has 3 heteroatoms. The maximum atomic E-state index is 11.8. The Labute approximate surface area is 119 Å². The number of allylic oxidation sites excluding steroid dienone is 1. The molecule has 0 unspecified atom stereocenters. The molecule has 0 saturated heterocycles. The van der Waals surface area contributed by atoms with E-state index in [1.54, 1.807) is 0 Å². The van der Waals surface area contributed by atoms with Crippen LogP contribution in [0.1, 0.15) is 48.0 Å². The average Bonchev–Trinajstić information content (AvgIpc) is 2.12. The second kappa shape index (κ2) is 5.53. The summed E-state index contributed by atoms with van der Waals surface area (Å²) < 4.78 is 6.54. The summed E-state index contributed by atoms with van der Waals surface area (Å²) in [7, 11) is -1.82. The quantitative estimate of drug-likeness (QED) is 0.709. The highest BCUT2D eigenvalue weighted by Gasteiger charge is 2.42. The van der Waals surface area contributed by atoms with Gasteiger partial charge in [0.05, 0.1) is 6.10 Å². The second-order valence-corrected chi connectivity index (χ2v) is 12.5. The molecule has 0 fully saturated rings. The molecule has 0 bridgehead atoms. The van der Waals surface area contributed by atoms with E-state index >= 15 is 0 Å². The van der Waals surface area contributed by atoms with Crippen molar-refractivity contribution < 1.29 is 9.22 Å². The first-order valence-corrected chi connectivity index (χ1v) is 10.3. The standard InChI is InChI=1S/C16H30O2Si/c1-11(2)15-12(3)9-13(17)10-14(15)18-19(7,8)16(4,5)6/h9,11,14-15H,10H2,1-8H3/t14-,15+/m0/s1. The Hall–Kier alpha value is -0.413. The first-order valence-electron chi connectivity index (χ1n) is 7.34. The third-order valence-corrected chi connectivity index (χ3v) is 9.19. The van der Waals surface area contributed by atoms with Crippen LogP contribution < -0.4 is 0 Å². The summed E-state index contributed by atoms with van der Waals surface area (Å²) in [5, 5.41) is 0.187. The van der Waals surface area contributed by atoms with E-state index < -0.39 is 8.32 Å². The molecule has 0 aliphatic heterocycles.